The van der Waals surface area contributed by atoms with Gasteiger partial charge in [-0.2, -0.15) is 0 Å². The molecular formula is C31H38N4O5. The molecule has 212 valence electrons. The number of benzene rings is 2. The van der Waals surface area contributed by atoms with E-state index in [0.29, 0.717) is 44.4 Å². The lowest BCUT2D eigenvalue weighted by atomic mass is 9.76. The Kier molecular flexibility index (Phi) is 7.18. The molecule has 0 bridgehead atoms. The minimum atomic E-state index is -1.11. The van der Waals surface area contributed by atoms with E-state index < -0.39 is 5.54 Å². The summed E-state index contributed by atoms with van der Waals surface area (Å²) in [4.78, 5) is 37.4. The van der Waals surface area contributed by atoms with Crippen molar-refractivity contribution in [2.45, 2.75) is 31.7 Å². The number of carbonyl (C=O) groups excluding carboxylic acids is 2. The van der Waals surface area contributed by atoms with Crippen molar-refractivity contribution < 1.29 is 23.8 Å². The van der Waals surface area contributed by atoms with Crippen LogP contribution in [0.1, 0.15) is 43.0 Å². The van der Waals surface area contributed by atoms with Crippen molar-refractivity contribution in [1.29, 1.82) is 0 Å². The van der Waals surface area contributed by atoms with Crippen molar-refractivity contribution in [2.75, 3.05) is 66.2 Å². The maximum absolute atomic E-state index is 14.3. The van der Waals surface area contributed by atoms with Gasteiger partial charge >= 0.3 is 0 Å². The van der Waals surface area contributed by atoms with E-state index in [1.807, 2.05) is 37.3 Å². The highest BCUT2D eigenvalue weighted by Gasteiger charge is 2.56. The van der Waals surface area contributed by atoms with Crippen molar-refractivity contribution >= 4 is 22.7 Å². The number of amides is 2. The summed E-state index contributed by atoms with van der Waals surface area (Å²) in [7, 11) is 1.64. The average Bonchev–Trinajstić information content (AvgIpc) is 3.38. The highest BCUT2D eigenvalue weighted by atomic mass is 16.5. The Bertz CT molecular complexity index is 1410. The number of piperazine rings is 1. The van der Waals surface area contributed by atoms with E-state index in [9.17, 15) is 9.59 Å². The average molecular weight is 547 g/mol. The van der Waals surface area contributed by atoms with E-state index in [0.717, 1.165) is 53.8 Å². The monoisotopic (exact) mass is 546 g/mol. The van der Waals surface area contributed by atoms with Crippen molar-refractivity contribution in [1.82, 2.24) is 19.7 Å². The molecule has 40 heavy (non-hydrogen) atoms. The summed E-state index contributed by atoms with van der Waals surface area (Å²) in [5.74, 6) is 1.16. The predicted octanol–water partition coefficient (Wildman–Crippen LogP) is 3.33. The number of carbonyl (C=O) groups is 2. The number of nitrogens with zero attached hydrogens (tertiary/aromatic N) is 3. The third-order valence-electron chi connectivity index (χ3n) is 8.66. The SMILES string of the molecule is CCCOc1ccc(C2CN3C(=O)CN(CCN4CCOCC4)C(=O)C3(C)c3[nH]c4ccccc4c32)cc1OC. The van der Waals surface area contributed by atoms with Gasteiger partial charge in [-0.3, -0.25) is 14.5 Å². The number of hydrogen-bond acceptors (Lipinski definition) is 6. The van der Waals surface area contributed by atoms with Crippen LogP contribution < -0.4 is 9.47 Å². The largest absolute Gasteiger partial charge is 0.493 e. The molecule has 9 nitrogen and oxygen atoms in total. The third kappa shape index (κ3) is 4.41. The Morgan fingerprint density at radius 3 is 2.65 bits per heavy atom. The number of hydrogen-bond donors (Lipinski definition) is 1. The van der Waals surface area contributed by atoms with Gasteiger partial charge in [0.1, 0.15) is 0 Å². The van der Waals surface area contributed by atoms with Gasteiger partial charge in [0, 0.05) is 49.5 Å². The number of nitrogens with one attached hydrogen (secondary N) is 1. The summed E-state index contributed by atoms with van der Waals surface area (Å²) in [5.41, 5.74) is 2.73. The molecule has 3 aromatic rings. The Morgan fingerprint density at radius 2 is 1.88 bits per heavy atom. The van der Waals surface area contributed by atoms with E-state index >= 15 is 0 Å². The highest BCUT2D eigenvalue weighted by molar-refractivity contribution is 6.01. The van der Waals surface area contributed by atoms with Crippen molar-refractivity contribution in [3.8, 4) is 11.5 Å². The second kappa shape index (κ2) is 10.8. The molecule has 2 unspecified atom stereocenters. The van der Waals surface area contributed by atoms with E-state index in [1.165, 1.54) is 0 Å². The van der Waals surface area contributed by atoms with Crippen LogP contribution in [0, 0.1) is 0 Å². The molecule has 4 heterocycles. The molecule has 0 aliphatic carbocycles. The van der Waals surface area contributed by atoms with Crippen LogP contribution in [-0.2, 0) is 19.9 Å². The molecule has 2 amide bonds. The lowest BCUT2D eigenvalue weighted by Gasteiger charge is -2.51. The van der Waals surface area contributed by atoms with Crippen LogP contribution in [0.25, 0.3) is 10.9 Å². The number of rotatable bonds is 8. The highest BCUT2D eigenvalue weighted by Crippen LogP contribution is 2.49. The van der Waals surface area contributed by atoms with E-state index in [1.54, 1.807) is 16.9 Å². The lowest BCUT2D eigenvalue weighted by molar-refractivity contribution is -0.166. The van der Waals surface area contributed by atoms with Gasteiger partial charge in [0.25, 0.3) is 5.91 Å². The second-order valence-corrected chi connectivity index (χ2v) is 11.0. The summed E-state index contributed by atoms with van der Waals surface area (Å²) in [6.07, 6.45) is 0.902. The summed E-state index contributed by atoms with van der Waals surface area (Å²) in [6, 6.07) is 14.1. The van der Waals surface area contributed by atoms with Crippen LogP contribution >= 0.6 is 0 Å². The van der Waals surface area contributed by atoms with Gasteiger partial charge in [0.05, 0.1) is 39.2 Å². The molecule has 0 radical (unpaired) electrons. The van der Waals surface area contributed by atoms with E-state index in [-0.39, 0.29) is 24.3 Å². The number of aromatic nitrogens is 1. The minimum absolute atomic E-state index is 0.0340. The number of ether oxygens (including phenoxy) is 3. The molecule has 1 aromatic heterocycles. The maximum atomic E-state index is 14.3. The van der Waals surface area contributed by atoms with Crippen molar-refractivity contribution in [3.05, 3.63) is 59.3 Å². The first kappa shape index (κ1) is 26.7. The molecule has 2 saturated heterocycles. The van der Waals surface area contributed by atoms with Gasteiger partial charge in [0.15, 0.2) is 17.0 Å². The second-order valence-electron chi connectivity index (χ2n) is 11.0. The van der Waals surface area contributed by atoms with Crippen LogP contribution in [0.3, 0.4) is 0 Å². The summed E-state index contributed by atoms with van der Waals surface area (Å²) >= 11 is 0. The first-order valence-electron chi connectivity index (χ1n) is 14.3. The molecule has 9 heteroatoms. The van der Waals surface area contributed by atoms with Crippen LogP contribution in [0.5, 0.6) is 11.5 Å². The maximum Gasteiger partial charge on any atom is 0.254 e. The topological polar surface area (TPSA) is 87.3 Å². The fourth-order valence-electron chi connectivity index (χ4n) is 6.47. The molecule has 2 aromatic carbocycles. The summed E-state index contributed by atoms with van der Waals surface area (Å²) in [6.45, 7) is 9.42. The molecule has 2 fully saturated rings. The summed E-state index contributed by atoms with van der Waals surface area (Å²) < 4.78 is 17.1. The number of aromatic amines is 1. The van der Waals surface area contributed by atoms with Crippen LogP contribution in [-0.4, -0.2) is 97.7 Å². The quantitative estimate of drug-likeness (QED) is 0.467. The number of para-hydroxylation sites is 1. The molecule has 1 N–H and O–H groups in total. The Balaban J connectivity index is 1.40. The number of methoxy groups -OCH3 is 1. The first-order chi connectivity index (χ1) is 19.5. The Hall–Kier alpha value is -3.56. The fourth-order valence-corrected chi connectivity index (χ4v) is 6.47. The predicted molar refractivity (Wildman–Crippen MR) is 152 cm³/mol. The Morgan fingerprint density at radius 1 is 1.07 bits per heavy atom. The lowest BCUT2D eigenvalue weighted by Crippen LogP contribution is -2.68. The van der Waals surface area contributed by atoms with Gasteiger partial charge in [-0.1, -0.05) is 31.2 Å². The standard InChI is InChI=1S/C31H38N4O5/c1-4-15-40-25-10-9-21(18-26(25)38-3)23-19-35-27(36)20-34(12-11-33-13-16-39-17-14-33)30(37)31(35,2)29-28(23)22-7-5-6-8-24(22)32-29/h5-10,18,23,32H,4,11-17,19-20H2,1-3H3. The fraction of sp³-hybridized carbons (Fsp3) is 0.484. The van der Waals surface area contributed by atoms with E-state index in [4.69, 9.17) is 14.2 Å². The normalized spacial score (nSPS) is 23.3. The molecule has 6 rings (SSSR count). The van der Waals surface area contributed by atoms with Crippen molar-refractivity contribution in [2.24, 2.45) is 0 Å². The van der Waals surface area contributed by atoms with Crippen LogP contribution in [0.2, 0.25) is 0 Å². The van der Waals surface area contributed by atoms with Gasteiger partial charge in [-0.05, 0) is 42.7 Å². The zero-order valence-corrected chi connectivity index (χ0v) is 23.6. The zero-order chi connectivity index (χ0) is 27.9. The molecule has 3 aliphatic rings. The number of morpholine rings is 1. The number of H-pyrrole nitrogens is 1. The van der Waals surface area contributed by atoms with E-state index in [2.05, 4.69) is 28.9 Å². The number of fused-ring (bicyclic) bond motifs is 5. The molecule has 2 atom stereocenters. The van der Waals surface area contributed by atoms with Crippen LogP contribution in [0.15, 0.2) is 42.5 Å². The third-order valence-corrected chi connectivity index (χ3v) is 8.66. The Labute approximate surface area is 235 Å². The molecule has 3 aliphatic heterocycles. The van der Waals surface area contributed by atoms with Gasteiger partial charge in [-0.25, -0.2) is 0 Å². The minimum Gasteiger partial charge on any atom is -0.493 e. The molecule has 0 saturated carbocycles. The van der Waals surface area contributed by atoms with Crippen molar-refractivity contribution in [3.63, 3.8) is 0 Å². The van der Waals surface area contributed by atoms with Gasteiger partial charge in [-0.15, -0.1) is 0 Å². The smallest absolute Gasteiger partial charge is 0.254 e. The van der Waals surface area contributed by atoms with Gasteiger partial charge < -0.3 is 29.0 Å². The zero-order valence-electron chi connectivity index (χ0n) is 23.6. The molecular weight excluding hydrogens is 508 g/mol. The first-order valence-corrected chi connectivity index (χ1v) is 14.3. The molecule has 0 spiro atoms. The summed E-state index contributed by atoms with van der Waals surface area (Å²) in [5, 5.41) is 1.07. The van der Waals surface area contributed by atoms with Gasteiger partial charge in [0.2, 0.25) is 5.91 Å². The van der Waals surface area contributed by atoms with Crippen LogP contribution in [0.4, 0.5) is 0 Å².